The molecule has 1 heterocycles. The molecule has 0 aliphatic heterocycles. The van der Waals surface area contributed by atoms with Crippen molar-refractivity contribution in [3.8, 4) is 0 Å². The summed E-state index contributed by atoms with van der Waals surface area (Å²) in [5.74, 6) is 2.47. The van der Waals surface area contributed by atoms with E-state index in [0.717, 1.165) is 34.1 Å². The van der Waals surface area contributed by atoms with Gasteiger partial charge in [0.2, 0.25) is 0 Å². The number of methoxy groups -OCH3 is 1. The van der Waals surface area contributed by atoms with Crippen LogP contribution in [0.3, 0.4) is 0 Å². The van der Waals surface area contributed by atoms with E-state index in [2.05, 4.69) is 17.6 Å². The molecule has 4 aliphatic rings. The lowest BCUT2D eigenvalue weighted by molar-refractivity contribution is -0.0709. The van der Waals surface area contributed by atoms with Gasteiger partial charge in [0.05, 0.1) is 12.7 Å². The zero-order valence-corrected chi connectivity index (χ0v) is 18.1. The molecule has 148 valence electrons. The summed E-state index contributed by atoms with van der Waals surface area (Å²) >= 11 is 7.20. The number of thiocarbonyl (C=S) groups is 1. The quantitative estimate of drug-likeness (QED) is 0.525. The van der Waals surface area contributed by atoms with Crippen LogP contribution in [-0.4, -0.2) is 24.2 Å². The van der Waals surface area contributed by atoms with Gasteiger partial charge in [-0.1, -0.05) is 6.92 Å². The highest BCUT2D eigenvalue weighted by atomic mass is 32.1. The number of hydrogen-bond donors (Lipinski definition) is 2. The number of ether oxygens (including phenoxy) is 1. The molecule has 0 saturated heterocycles. The number of rotatable bonds is 5. The highest BCUT2D eigenvalue weighted by Crippen LogP contribution is 2.61. The molecular weight excluding hydrogens is 376 g/mol. The monoisotopic (exact) mass is 406 g/mol. The van der Waals surface area contributed by atoms with E-state index in [-0.39, 0.29) is 5.97 Å². The normalized spacial score (nSPS) is 32.2. The molecule has 1 unspecified atom stereocenters. The first-order chi connectivity index (χ1) is 12.9. The first-order valence-electron chi connectivity index (χ1n) is 10.2. The third-order valence-electron chi connectivity index (χ3n) is 7.03. The van der Waals surface area contributed by atoms with Gasteiger partial charge < -0.3 is 15.4 Å². The summed E-state index contributed by atoms with van der Waals surface area (Å²) < 4.78 is 4.90. The van der Waals surface area contributed by atoms with E-state index in [1.165, 1.54) is 45.6 Å². The number of anilines is 1. The van der Waals surface area contributed by atoms with Crippen LogP contribution < -0.4 is 10.6 Å². The number of thiophene rings is 1. The SMILES string of the molecule is CCC(NC(=S)Nc1sc(C)cc1C(=O)OC)C12CC3CC(CC(C3)C1)C2. The molecule has 0 aromatic carbocycles. The van der Waals surface area contributed by atoms with Crippen LogP contribution in [0.5, 0.6) is 0 Å². The Hall–Kier alpha value is -1.14. The Balaban J connectivity index is 1.47. The van der Waals surface area contributed by atoms with Crippen molar-refractivity contribution in [2.75, 3.05) is 12.4 Å². The highest BCUT2D eigenvalue weighted by molar-refractivity contribution is 7.80. The predicted molar refractivity (Wildman–Crippen MR) is 114 cm³/mol. The minimum absolute atomic E-state index is 0.322. The van der Waals surface area contributed by atoms with Crippen molar-refractivity contribution >= 4 is 39.6 Å². The van der Waals surface area contributed by atoms with Gasteiger partial charge in [0.1, 0.15) is 5.00 Å². The average molecular weight is 407 g/mol. The van der Waals surface area contributed by atoms with Gasteiger partial charge in [-0.25, -0.2) is 4.79 Å². The molecule has 27 heavy (non-hydrogen) atoms. The maximum Gasteiger partial charge on any atom is 0.340 e. The molecule has 1 aromatic heterocycles. The van der Waals surface area contributed by atoms with Crippen molar-refractivity contribution < 1.29 is 9.53 Å². The topological polar surface area (TPSA) is 50.4 Å². The second kappa shape index (κ2) is 7.36. The lowest BCUT2D eigenvalue weighted by Crippen LogP contribution is -2.57. The van der Waals surface area contributed by atoms with Crippen molar-refractivity contribution in [3.05, 3.63) is 16.5 Å². The van der Waals surface area contributed by atoms with E-state index < -0.39 is 0 Å². The number of carbonyl (C=O) groups excluding carboxylic acids is 1. The Morgan fingerprint density at radius 1 is 1.30 bits per heavy atom. The van der Waals surface area contributed by atoms with Crippen molar-refractivity contribution in [1.29, 1.82) is 0 Å². The standard InChI is InChI=1S/C21H30N2O2S2/c1-4-17(21-9-13-6-14(10-21)8-15(7-13)11-21)22-20(26)23-18-16(19(24)25-3)5-12(2)27-18/h5,13-15,17H,4,6-11H2,1-3H3,(H2,22,23,26). The van der Waals surface area contributed by atoms with E-state index in [1.54, 1.807) is 11.3 Å². The molecule has 6 heteroatoms. The fourth-order valence-electron chi connectivity index (χ4n) is 6.46. The fraction of sp³-hybridized carbons (Fsp3) is 0.714. The molecule has 1 atom stereocenters. The second-order valence-electron chi connectivity index (χ2n) is 8.93. The molecule has 5 rings (SSSR count). The van der Waals surface area contributed by atoms with E-state index in [1.807, 2.05) is 13.0 Å². The zero-order chi connectivity index (χ0) is 19.2. The molecule has 0 radical (unpaired) electrons. The smallest absolute Gasteiger partial charge is 0.340 e. The van der Waals surface area contributed by atoms with E-state index in [0.29, 0.717) is 22.1 Å². The molecule has 4 saturated carbocycles. The zero-order valence-electron chi connectivity index (χ0n) is 16.5. The third kappa shape index (κ3) is 3.63. The minimum atomic E-state index is -0.322. The van der Waals surface area contributed by atoms with Crippen molar-refractivity contribution in [1.82, 2.24) is 5.32 Å². The van der Waals surface area contributed by atoms with Gasteiger partial charge in [-0.3, -0.25) is 0 Å². The van der Waals surface area contributed by atoms with Crippen molar-refractivity contribution in [2.24, 2.45) is 23.2 Å². The predicted octanol–water partition coefficient (Wildman–Crippen LogP) is 5.12. The molecule has 0 amide bonds. The van der Waals surface area contributed by atoms with Crippen LogP contribution in [0.4, 0.5) is 5.00 Å². The minimum Gasteiger partial charge on any atom is -0.465 e. The summed E-state index contributed by atoms with van der Waals surface area (Å²) in [6, 6.07) is 2.27. The molecular formula is C21H30N2O2S2. The van der Waals surface area contributed by atoms with E-state index >= 15 is 0 Å². The molecule has 0 spiro atoms. The molecule has 4 fully saturated rings. The van der Waals surface area contributed by atoms with Crippen LogP contribution in [0.15, 0.2) is 6.07 Å². The van der Waals surface area contributed by atoms with Gasteiger partial charge in [-0.2, -0.15) is 0 Å². The Morgan fingerprint density at radius 2 is 1.89 bits per heavy atom. The highest BCUT2D eigenvalue weighted by Gasteiger charge is 2.53. The number of aryl methyl sites for hydroxylation is 1. The summed E-state index contributed by atoms with van der Waals surface area (Å²) in [5, 5.41) is 8.33. The summed E-state index contributed by atoms with van der Waals surface area (Å²) in [6.07, 6.45) is 9.53. The number of nitrogens with one attached hydrogen (secondary N) is 2. The summed E-state index contributed by atoms with van der Waals surface area (Å²) in [4.78, 5) is 13.1. The summed E-state index contributed by atoms with van der Waals surface area (Å²) in [7, 11) is 1.41. The Morgan fingerprint density at radius 3 is 2.41 bits per heavy atom. The lowest BCUT2D eigenvalue weighted by atomic mass is 9.47. The van der Waals surface area contributed by atoms with Gasteiger partial charge in [0.15, 0.2) is 5.11 Å². The van der Waals surface area contributed by atoms with Crippen LogP contribution in [0.1, 0.15) is 67.1 Å². The van der Waals surface area contributed by atoms with Crippen LogP contribution in [-0.2, 0) is 4.74 Å². The van der Waals surface area contributed by atoms with Gasteiger partial charge in [-0.15, -0.1) is 11.3 Å². The molecule has 1 aromatic rings. The largest absolute Gasteiger partial charge is 0.465 e. The fourth-order valence-corrected chi connectivity index (χ4v) is 7.67. The van der Waals surface area contributed by atoms with Crippen LogP contribution >= 0.6 is 23.6 Å². The second-order valence-corrected chi connectivity index (χ2v) is 10.6. The summed E-state index contributed by atoms with van der Waals surface area (Å²) in [6.45, 7) is 4.26. The molecule has 4 aliphatic carbocycles. The Bertz CT molecular complexity index is 707. The first-order valence-corrected chi connectivity index (χ1v) is 11.4. The van der Waals surface area contributed by atoms with E-state index in [9.17, 15) is 4.79 Å². The number of carbonyl (C=O) groups is 1. The van der Waals surface area contributed by atoms with Gasteiger partial charge in [0.25, 0.3) is 0 Å². The van der Waals surface area contributed by atoms with Gasteiger partial charge in [-0.05, 0) is 93.3 Å². The van der Waals surface area contributed by atoms with Crippen molar-refractivity contribution in [2.45, 2.75) is 64.8 Å². The van der Waals surface area contributed by atoms with Crippen LogP contribution in [0, 0.1) is 30.1 Å². The first kappa shape index (κ1) is 19.2. The number of esters is 1. The van der Waals surface area contributed by atoms with E-state index in [4.69, 9.17) is 17.0 Å². The Labute approximate surface area is 171 Å². The third-order valence-corrected chi connectivity index (χ3v) is 8.21. The van der Waals surface area contributed by atoms with Crippen LogP contribution in [0.2, 0.25) is 0 Å². The molecule has 4 nitrogen and oxygen atoms in total. The molecule has 4 bridgehead atoms. The lowest BCUT2D eigenvalue weighted by Gasteiger charge is -2.59. The maximum atomic E-state index is 12.0. The average Bonchev–Trinajstić information content (AvgIpc) is 2.97. The number of hydrogen-bond acceptors (Lipinski definition) is 4. The van der Waals surface area contributed by atoms with Gasteiger partial charge in [0, 0.05) is 10.9 Å². The molecule has 2 N–H and O–H groups in total. The maximum absolute atomic E-state index is 12.0. The van der Waals surface area contributed by atoms with Crippen molar-refractivity contribution in [3.63, 3.8) is 0 Å². The Kier molecular flexibility index (Phi) is 5.23. The summed E-state index contributed by atoms with van der Waals surface area (Å²) in [5.41, 5.74) is 0.971. The van der Waals surface area contributed by atoms with Gasteiger partial charge >= 0.3 is 5.97 Å². The van der Waals surface area contributed by atoms with Crippen LogP contribution in [0.25, 0.3) is 0 Å².